The van der Waals surface area contributed by atoms with Gasteiger partial charge in [0.15, 0.2) is 0 Å². The van der Waals surface area contributed by atoms with Gasteiger partial charge in [-0.15, -0.1) is 0 Å². The van der Waals surface area contributed by atoms with Crippen LogP contribution in [0.2, 0.25) is 0 Å². The topological polar surface area (TPSA) is 9.23 Å². The first kappa shape index (κ1) is 10.8. The minimum atomic E-state index is 0.368. The molecule has 0 amide bonds. The summed E-state index contributed by atoms with van der Waals surface area (Å²) in [5.41, 5.74) is 4.23. The van der Waals surface area contributed by atoms with Gasteiger partial charge < -0.3 is 4.74 Å². The second-order valence-corrected chi connectivity index (χ2v) is 4.78. The second kappa shape index (κ2) is 4.89. The van der Waals surface area contributed by atoms with E-state index in [1.54, 1.807) is 0 Å². The Morgan fingerprint density at radius 3 is 2.94 bits per heavy atom. The minimum Gasteiger partial charge on any atom is -0.373 e. The number of hydrogen-bond donors (Lipinski definition) is 0. The predicted molar refractivity (Wildman–Crippen MR) is 70.7 cm³/mol. The van der Waals surface area contributed by atoms with Gasteiger partial charge in [0.2, 0.25) is 0 Å². The standard InChI is InChI=1S/C16H18O/c1-2-6-13(7-3-1)12-14-10-11-17-16-9-5-4-8-15(14)16/h1-3,6-8,12,16H,4-5,9-11H2/b14-12-. The van der Waals surface area contributed by atoms with Crippen molar-refractivity contribution in [1.82, 2.24) is 0 Å². The first-order valence-corrected chi connectivity index (χ1v) is 6.51. The van der Waals surface area contributed by atoms with E-state index in [2.05, 4.69) is 42.5 Å². The quantitative estimate of drug-likeness (QED) is 0.704. The van der Waals surface area contributed by atoms with E-state index in [0.717, 1.165) is 13.0 Å². The average Bonchev–Trinajstić information content (AvgIpc) is 2.40. The van der Waals surface area contributed by atoms with Crippen LogP contribution in [0, 0.1) is 0 Å². The fourth-order valence-corrected chi connectivity index (χ4v) is 2.72. The maximum atomic E-state index is 5.84. The molecule has 1 nitrogen and oxygen atoms in total. The van der Waals surface area contributed by atoms with Gasteiger partial charge in [0.05, 0.1) is 12.7 Å². The van der Waals surface area contributed by atoms with Crippen LogP contribution in [0.1, 0.15) is 31.2 Å². The van der Waals surface area contributed by atoms with Crippen LogP contribution in [0.3, 0.4) is 0 Å². The van der Waals surface area contributed by atoms with Crippen LogP contribution in [-0.4, -0.2) is 12.7 Å². The monoisotopic (exact) mass is 226 g/mol. The molecule has 0 spiro atoms. The molecule has 1 heterocycles. The van der Waals surface area contributed by atoms with E-state index in [-0.39, 0.29) is 0 Å². The van der Waals surface area contributed by atoms with Crippen LogP contribution >= 0.6 is 0 Å². The van der Waals surface area contributed by atoms with Gasteiger partial charge in [0.25, 0.3) is 0 Å². The number of ether oxygens (including phenoxy) is 1. The van der Waals surface area contributed by atoms with E-state index < -0.39 is 0 Å². The summed E-state index contributed by atoms with van der Waals surface area (Å²) in [4.78, 5) is 0. The lowest BCUT2D eigenvalue weighted by molar-refractivity contribution is 0.0570. The third kappa shape index (κ3) is 2.34. The average molecular weight is 226 g/mol. The zero-order chi connectivity index (χ0) is 11.5. The maximum Gasteiger partial charge on any atom is 0.0824 e. The molecule has 1 saturated heterocycles. The third-order valence-corrected chi connectivity index (χ3v) is 3.58. The summed E-state index contributed by atoms with van der Waals surface area (Å²) in [6, 6.07) is 10.6. The Kier molecular flexibility index (Phi) is 3.10. The van der Waals surface area contributed by atoms with E-state index >= 15 is 0 Å². The Balaban J connectivity index is 1.91. The predicted octanol–water partition coefficient (Wildman–Crippen LogP) is 3.97. The maximum absolute atomic E-state index is 5.84. The fourth-order valence-electron chi connectivity index (χ4n) is 2.72. The Labute approximate surface area is 103 Å². The van der Waals surface area contributed by atoms with Crippen molar-refractivity contribution in [3.8, 4) is 0 Å². The van der Waals surface area contributed by atoms with Crippen LogP contribution in [0.5, 0.6) is 0 Å². The number of benzene rings is 1. The van der Waals surface area contributed by atoms with E-state index in [4.69, 9.17) is 4.74 Å². The van der Waals surface area contributed by atoms with Gasteiger partial charge in [-0.25, -0.2) is 0 Å². The first-order valence-electron chi connectivity index (χ1n) is 6.51. The molecule has 0 N–H and O–H groups in total. The summed E-state index contributed by atoms with van der Waals surface area (Å²) in [6.07, 6.45) is 9.80. The third-order valence-electron chi connectivity index (χ3n) is 3.58. The summed E-state index contributed by atoms with van der Waals surface area (Å²) >= 11 is 0. The summed E-state index contributed by atoms with van der Waals surface area (Å²) in [7, 11) is 0. The molecule has 88 valence electrons. The molecular weight excluding hydrogens is 208 g/mol. The Hall–Kier alpha value is -1.34. The molecule has 1 atom stereocenters. The zero-order valence-electron chi connectivity index (χ0n) is 10.1. The van der Waals surface area contributed by atoms with Gasteiger partial charge in [0.1, 0.15) is 0 Å². The molecular formula is C16H18O. The van der Waals surface area contributed by atoms with Gasteiger partial charge in [0, 0.05) is 0 Å². The van der Waals surface area contributed by atoms with Gasteiger partial charge in [-0.05, 0) is 42.4 Å². The molecule has 0 aromatic heterocycles. The van der Waals surface area contributed by atoms with Gasteiger partial charge in [-0.1, -0.05) is 42.5 Å². The highest BCUT2D eigenvalue weighted by Gasteiger charge is 2.25. The number of rotatable bonds is 1. The summed E-state index contributed by atoms with van der Waals surface area (Å²) in [6.45, 7) is 0.876. The van der Waals surface area contributed by atoms with Crippen LogP contribution in [-0.2, 0) is 4.74 Å². The van der Waals surface area contributed by atoms with Crippen molar-refractivity contribution >= 4 is 6.08 Å². The zero-order valence-corrected chi connectivity index (χ0v) is 10.1. The van der Waals surface area contributed by atoms with Crippen LogP contribution in [0.15, 0.2) is 47.6 Å². The highest BCUT2D eigenvalue weighted by Crippen LogP contribution is 2.33. The summed E-state index contributed by atoms with van der Waals surface area (Å²) < 4.78 is 5.84. The lowest BCUT2D eigenvalue weighted by Crippen LogP contribution is -2.25. The Morgan fingerprint density at radius 2 is 2.06 bits per heavy atom. The molecule has 3 rings (SSSR count). The van der Waals surface area contributed by atoms with E-state index in [1.165, 1.54) is 36.0 Å². The molecule has 1 unspecified atom stereocenters. The van der Waals surface area contributed by atoms with Crippen molar-refractivity contribution in [2.45, 2.75) is 31.8 Å². The van der Waals surface area contributed by atoms with Crippen molar-refractivity contribution in [3.63, 3.8) is 0 Å². The number of hydrogen-bond acceptors (Lipinski definition) is 1. The molecule has 17 heavy (non-hydrogen) atoms. The van der Waals surface area contributed by atoms with Crippen molar-refractivity contribution in [2.24, 2.45) is 0 Å². The van der Waals surface area contributed by atoms with Crippen molar-refractivity contribution < 1.29 is 4.74 Å². The fraction of sp³-hybridized carbons (Fsp3) is 0.375. The van der Waals surface area contributed by atoms with Gasteiger partial charge in [-0.2, -0.15) is 0 Å². The van der Waals surface area contributed by atoms with Crippen molar-refractivity contribution in [2.75, 3.05) is 6.61 Å². The molecule has 1 aliphatic heterocycles. The first-order chi connectivity index (χ1) is 8.43. The van der Waals surface area contributed by atoms with Crippen LogP contribution in [0.4, 0.5) is 0 Å². The molecule has 1 aromatic rings. The molecule has 1 aromatic carbocycles. The highest BCUT2D eigenvalue weighted by molar-refractivity contribution is 5.59. The normalized spacial score (nSPS) is 26.5. The molecule has 0 bridgehead atoms. The Morgan fingerprint density at radius 1 is 1.18 bits per heavy atom. The largest absolute Gasteiger partial charge is 0.373 e. The number of allylic oxidation sites excluding steroid dienone is 1. The highest BCUT2D eigenvalue weighted by atomic mass is 16.5. The van der Waals surface area contributed by atoms with E-state index in [1.807, 2.05) is 0 Å². The van der Waals surface area contributed by atoms with Gasteiger partial charge >= 0.3 is 0 Å². The molecule has 2 aliphatic rings. The lowest BCUT2D eigenvalue weighted by atomic mass is 9.86. The molecule has 0 radical (unpaired) electrons. The molecule has 0 saturated carbocycles. The summed E-state index contributed by atoms with van der Waals surface area (Å²) in [5.74, 6) is 0. The van der Waals surface area contributed by atoms with Crippen molar-refractivity contribution in [3.05, 3.63) is 53.1 Å². The SMILES string of the molecule is C1=C2/C(=C\c3ccccc3)CCOC2CCC1. The second-order valence-electron chi connectivity index (χ2n) is 4.78. The van der Waals surface area contributed by atoms with Crippen molar-refractivity contribution in [1.29, 1.82) is 0 Å². The smallest absolute Gasteiger partial charge is 0.0824 e. The minimum absolute atomic E-state index is 0.368. The number of fused-ring (bicyclic) bond motifs is 1. The Bertz CT molecular complexity index is 442. The van der Waals surface area contributed by atoms with Gasteiger partial charge in [-0.3, -0.25) is 0 Å². The van der Waals surface area contributed by atoms with E-state index in [9.17, 15) is 0 Å². The van der Waals surface area contributed by atoms with E-state index in [0.29, 0.717) is 6.10 Å². The lowest BCUT2D eigenvalue weighted by Gasteiger charge is -2.31. The molecule has 1 aliphatic carbocycles. The van der Waals surface area contributed by atoms with Crippen LogP contribution < -0.4 is 0 Å². The summed E-state index contributed by atoms with van der Waals surface area (Å²) in [5, 5.41) is 0. The molecule has 1 fully saturated rings. The molecule has 1 heteroatoms. The van der Waals surface area contributed by atoms with Crippen LogP contribution in [0.25, 0.3) is 6.08 Å².